The van der Waals surface area contributed by atoms with Gasteiger partial charge in [-0.05, 0) is 25.1 Å². The fourth-order valence-electron chi connectivity index (χ4n) is 1.13. The van der Waals surface area contributed by atoms with E-state index < -0.39 is 5.97 Å². The first kappa shape index (κ1) is 14.7. The molecule has 16 heavy (non-hydrogen) atoms. The van der Waals surface area contributed by atoms with Crippen molar-refractivity contribution in [2.45, 2.75) is 13.5 Å². The molecule has 1 aromatic carbocycles. The minimum Gasteiger partial charge on any atom is -0.508 e. The van der Waals surface area contributed by atoms with E-state index in [0.29, 0.717) is 17.7 Å². The van der Waals surface area contributed by atoms with E-state index in [4.69, 9.17) is 10.6 Å². The molecule has 0 radical (unpaired) electrons. The SMILES string of the molecule is CCOC(=O)c1ccc(O)c(CON)c1.Cl. The number of phenolic OH excluding ortho intramolecular Hbond substituents is 1. The van der Waals surface area contributed by atoms with Gasteiger partial charge >= 0.3 is 5.97 Å². The zero-order valence-electron chi connectivity index (χ0n) is 8.80. The van der Waals surface area contributed by atoms with Crippen molar-refractivity contribution in [2.75, 3.05) is 6.61 Å². The molecule has 0 aliphatic rings. The van der Waals surface area contributed by atoms with Crippen molar-refractivity contribution < 1.29 is 19.5 Å². The van der Waals surface area contributed by atoms with Gasteiger partial charge in [-0.25, -0.2) is 10.7 Å². The lowest BCUT2D eigenvalue weighted by atomic mass is 10.1. The highest BCUT2D eigenvalue weighted by molar-refractivity contribution is 5.89. The smallest absolute Gasteiger partial charge is 0.338 e. The van der Waals surface area contributed by atoms with Crippen LogP contribution in [0.25, 0.3) is 0 Å². The summed E-state index contributed by atoms with van der Waals surface area (Å²) >= 11 is 0. The molecule has 0 aromatic heterocycles. The van der Waals surface area contributed by atoms with Crippen LogP contribution in [0.4, 0.5) is 0 Å². The highest BCUT2D eigenvalue weighted by atomic mass is 35.5. The monoisotopic (exact) mass is 247 g/mol. The number of halogens is 1. The first-order valence-electron chi connectivity index (χ1n) is 4.49. The van der Waals surface area contributed by atoms with E-state index in [1.54, 1.807) is 6.92 Å². The highest BCUT2D eigenvalue weighted by Gasteiger charge is 2.09. The minimum atomic E-state index is -0.434. The lowest BCUT2D eigenvalue weighted by Gasteiger charge is -2.06. The van der Waals surface area contributed by atoms with Crippen LogP contribution in [-0.2, 0) is 16.2 Å². The maximum atomic E-state index is 11.3. The van der Waals surface area contributed by atoms with Gasteiger partial charge in [0.2, 0.25) is 0 Å². The molecule has 0 heterocycles. The van der Waals surface area contributed by atoms with Gasteiger partial charge in [-0.15, -0.1) is 12.4 Å². The molecule has 0 saturated carbocycles. The Labute approximate surface area is 99.5 Å². The molecule has 0 aliphatic heterocycles. The number of carbonyl (C=O) groups is 1. The van der Waals surface area contributed by atoms with Crippen molar-refractivity contribution in [3.05, 3.63) is 29.3 Å². The highest BCUT2D eigenvalue weighted by Crippen LogP contribution is 2.19. The van der Waals surface area contributed by atoms with Crippen LogP contribution in [0.5, 0.6) is 5.75 Å². The molecule has 0 fully saturated rings. The summed E-state index contributed by atoms with van der Waals surface area (Å²) in [4.78, 5) is 15.7. The zero-order chi connectivity index (χ0) is 11.3. The Kier molecular flexibility index (Phi) is 6.48. The second kappa shape index (κ2) is 7.05. The summed E-state index contributed by atoms with van der Waals surface area (Å²) in [6.45, 7) is 2.07. The molecule has 0 bridgehead atoms. The number of aromatic hydroxyl groups is 1. The Bertz CT molecular complexity index is 357. The lowest BCUT2D eigenvalue weighted by molar-refractivity contribution is 0.0526. The van der Waals surface area contributed by atoms with Gasteiger partial charge in [-0.1, -0.05) is 0 Å². The van der Waals surface area contributed by atoms with Crippen molar-refractivity contribution >= 4 is 18.4 Å². The molecule has 0 amide bonds. The third kappa shape index (κ3) is 3.69. The largest absolute Gasteiger partial charge is 0.508 e. The van der Waals surface area contributed by atoms with Crippen molar-refractivity contribution in [3.8, 4) is 5.75 Å². The van der Waals surface area contributed by atoms with Crippen LogP contribution in [0, 0.1) is 0 Å². The molecule has 0 aliphatic carbocycles. The van der Waals surface area contributed by atoms with E-state index in [9.17, 15) is 9.90 Å². The number of ether oxygens (including phenoxy) is 1. The van der Waals surface area contributed by atoms with Gasteiger partial charge in [0.1, 0.15) is 5.75 Å². The van der Waals surface area contributed by atoms with Crippen molar-refractivity contribution in [1.29, 1.82) is 0 Å². The Morgan fingerprint density at radius 2 is 2.19 bits per heavy atom. The summed E-state index contributed by atoms with van der Waals surface area (Å²) in [5.41, 5.74) is 0.810. The number of hydrogen-bond donors (Lipinski definition) is 2. The topological polar surface area (TPSA) is 81.8 Å². The summed E-state index contributed by atoms with van der Waals surface area (Å²) in [6.07, 6.45) is 0. The minimum absolute atomic E-state index is 0. The maximum Gasteiger partial charge on any atom is 0.338 e. The van der Waals surface area contributed by atoms with E-state index in [-0.39, 0.29) is 24.8 Å². The molecule has 3 N–H and O–H groups in total. The fourth-order valence-corrected chi connectivity index (χ4v) is 1.13. The van der Waals surface area contributed by atoms with Crippen molar-refractivity contribution in [3.63, 3.8) is 0 Å². The summed E-state index contributed by atoms with van der Waals surface area (Å²) in [5, 5.41) is 9.39. The molecule has 1 aromatic rings. The second-order valence-electron chi connectivity index (χ2n) is 2.87. The summed E-state index contributed by atoms with van der Waals surface area (Å²) in [5.74, 6) is 4.49. The van der Waals surface area contributed by atoms with Crippen LogP contribution in [0.3, 0.4) is 0 Å². The van der Waals surface area contributed by atoms with Crippen LogP contribution in [0.15, 0.2) is 18.2 Å². The number of benzene rings is 1. The number of nitrogens with two attached hydrogens (primary N) is 1. The number of rotatable bonds is 4. The van der Waals surface area contributed by atoms with Crippen LogP contribution in [-0.4, -0.2) is 17.7 Å². The molecule has 0 atom stereocenters. The summed E-state index contributed by atoms with van der Waals surface area (Å²) < 4.78 is 4.81. The molecule has 1 rings (SSSR count). The molecule has 0 spiro atoms. The standard InChI is InChI=1S/C10H13NO4.ClH/c1-2-14-10(13)7-3-4-9(12)8(5-7)6-15-11;/h3-5,12H,2,6,11H2,1H3;1H. The summed E-state index contributed by atoms with van der Waals surface area (Å²) in [7, 11) is 0. The number of esters is 1. The molecule has 6 heteroatoms. The molecule has 0 unspecified atom stereocenters. The predicted molar refractivity (Wildman–Crippen MR) is 60.3 cm³/mol. The second-order valence-corrected chi connectivity index (χ2v) is 2.87. The molecule has 0 saturated heterocycles. The van der Waals surface area contributed by atoms with Crippen LogP contribution in [0.2, 0.25) is 0 Å². The van der Waals surface area contributed by atoms with Gasteiger partial charge < -0.3 is 9.84 Å². The van der Waals surface area contributed by atoms with Gasteiger partial charge in [-0.2, -0.15) is 0 Å². The average Bonchev–Trinajstić information content (AvgIpc) is 2.22. The first-order chi connectivity index (χ1) is 7.19. The Hall–Kier alpha value is -1.30. The zero-order valence-corrected chi connectivity index (χ0v) is 9.62. The number of carbonyl (C=O) groups excluding carboxylic acids is 1. The van der Waals surface area contributed by atoms with Crippen LogP contribution >= 0.6 is 12.4 Å². The molecular formula is C10H14ClNO4. The van der Waals surface area contributed by atoms with Gasteiger partial charge in [0.15, 0.2) is 0 Å². The van der Waals surface area contributed by atoms with Gasteiger partial charge in [-0.3, -0.25) is 4.84 Å². The fraction of sp³-hybridized carbons (Fsp3) is 0.300. The normalized spacial score (nSPS) is 9.38. The van der Waals surface area contributed by atoms with E-state index >= 15 is 0 Å². The van der Waals surface area contributed by atoms with Crippen molar-refractivity contribution in [2.24, 2.45) is 5.90 Å². The summed E-state index contributed by atoms with van der Waals surface area (Å²) in [6, 6.07) is 4.37. The lowest BCUT2D eigenvalue weighted by Crippen LogP contribution is -2.06. The maximum absolute atomic E-state index is 11.3. The predicted octanol–water partition coefficient (Wildman–Crippen LogP) is 1.38. The van der Waals surface area contributed by atoms with Gasteiger partial charge in [0, 0.05) is 5.56 Å². The third-order valence-electron chi connectivity index (χ3n) is 1.83. The average molecular weight is 248 g/mol. The van der Waals surface area contributed by atoms with E-state index in [1.807, 2.05) is 0 Å². The Morgan fingerprint density at radius 3 is 2.75 bits per heavy atom. The third-order valence-corrected chi connectivity index (χ3v) is 1.83. The molecule has 5 nitrogen and oxygen atoms in total. The molecular weight excluding hydrogens is 234 g/mol. The Balaban J connectivity index is 0.00000225. The van der Waals surface area contributed by atoms with Crippen LogP contribution in [0.1, 0.15) is 22.8 Å². The van der Waals surface area contributed by atoms with Crippen LogP contribution < -0.4 is 5.90 Å². The van der Waals surface area contributed by atoms with E-state index in [2.05, 4.69) is 4.84 Å². The van der Waals surface area contributed by atoms with Gasteiger partial charge in [0.25, 0.3) is 0 Å². The molecule has 90 valence electrons. The number of phenols is 1. The quantitative estimate of drug-likeness (QED) is 0.621. The van der Waals surface area contributed by atoms with E-state index in [1.165, 1.54) is 18.2 Å². The van der Waals surface area contributed by atoms with Gasteiger partial charge in [0.05, 0.1) is 18.8 Å². The number of hydrogen-bond acceptors (Lipinski definition) is 5. The first-order valence-corrected chi connectivity index (χ1v) is 4.49. The van der Waals surface area contributed by atoms with E-state index in [0.717, 1.165) is 0 Å². The Morgan fingerprint density at radius 1 is 1.50 bits per heavy atom. The van der Waals surface area contributed by atoms with Crippen molar-refractivity contribution in [1.82, 2.24) is 0 Å².